The molecule has 0 saturated carbocycles. The first-order chi connectivity index (χ1) is 32.5. The lowest BCUT2D eigenvalue weighted by Crippen LogP contribution is -2.28. The van der Waals surface area contributed by atoms with Crippen LogP contribution in [-0.2, 0) is 19.1 Å². The molecule has 0 fully saturated rings. The van der Waals surface area contributed by atoms with Crippen LogP contribution in [0.4, 0.5) is 17.1 Å². The van der Waals surface area contributed by atoms with Gasteiger partial charge in [-0.05, 0) is 57.0 Å². The number of anilines is 3. The third-order valence-corrected chi connectivity index (χ3v) is 7.63. The number of benzene rings is 2. The Balaban J connectivity index is 0. The number of aromatic nitrogens is 6. The maximum absolute atomic E-state index is 12.0. The summed E-state index contributed by atoms with van der Waals surface area (Å²) >= 11 is 16.9. The monoisotopic (exact) mass is 980 g/mol. The minimum atomic E-state index is -2.61. The Hall–Kier alpha value is -7.65. The first-order valence-corrected chi connectivity index (χ1v) is 18.6. The number of rotatable bonds is 10. The van der Waals surface area contributed by atoms with E-state index in [-0.39, 0.29) is 53.9 Å². The lowest BCUT2D eigenvalue weighted by Gasteiger charge is -2.12. The highest BCUT2D eigenvalue weighted by molar-refractivity contribution is 6.63. The summed E-state index contributed by atoms with van der Waals surface area (Å²) in [4.78, 5) is 79.0. The number of carbonyl (C=O) groups excluding carboxylic acids is 5. The summed E-state index contributed by atoms with van der Waals surface area (Å²) in [6.45, 7) is 1.47. The Bertz CT molecular complexity index is 2780. The van der Waals surface area contributed by atoms with Crippen molar-refractivity contribution >= 4 is 92.9 Å². The molecule has 0 spiro atoms. The molecule has 0 unspecified atom stereocenters. The van der Waals surface area contributed by atoms with Crippen molar-refractivity contribution in [2.24, 2.45) is 0 Å². The van der Waals surface area contributed by atoms with Crippen molar-refractivity contribution in [2.45, 2.75) is 49.0 Å². The zero-order valence-corrected chi connectivity index (χ0v) is 36.0. The normalized spacial score (nSPS) is 10.9. The van der Waals surface area contributed by atoms with Crippen molar-refractivity contribution in [2.75, 3.05) is 31.6 Å². The first-order valence-electron chi connectivity index (χ1n) is 20.4. The smallest absolute Gasteiger partial charge is 0.441 e. The second-order valence-corrected chi connectivity index (χ2v) is 12.9. The van der Waals surface area contributed by atoms with Crippen molar-refractivity contribution in [3.63, 3.8) is 0 Å². The summed E-state index contributed by atoms with van der Waals surface area (Å²) in [7, 11) is 0. The van der Waals surface area contributed by atoms with Crippen LogP contribution in [0.5, 0.6) is 5.75 Å². The number of nitrogens with two attached hydrogens (primary N) is 1. The molecule has 0 saturated heterocycles. The van der Waals surface area contributed by atoms with E-state index in [1.165, 1.54) is 19.1 Å². The van der Waals surface area contributed by atoms with Gasteiger partial charge in [0.15, 0.2) is 27.4 Å². The van der Waals surface area contributed by atoms with Crippen molar-refractivity contribution < 1.29 is 56.7 Å². The summed E-state index contributed by atoms with van der Waals surface area (Å²) in [5.41, 5.74) is 15.5. The largest absolute Gasteiger partial charge is 0.505 e. The molecule has 2 aromatic carbocycles. The number of para-hydroxylation sites is 2. The van der Waals surface area contributed by atoms with E-state index in [4.69, 9.17) is 64.5 Å². The van der Waals surface area contributed by atoms with Crippen molar-refractivity contribution in [3.05, 3.63) is 126 Å². The summed E-state index contributed by atoms with van der Waals surface area (Å²) in [6.07, 6.45) is -0.474. The number of esters is 1. The third kappa shape index (κ3) is 21.1. The molecule has 22 nitrogen and oxygen atoms in total. The second-order valence-electron chi connectivity index (χ2n) is 11.7. The standard InChI is InChI=1S/C13H13ClN4O.C8H10N2O4.C7H9N.C6H5Cl2N3O.C5H4N2O4.2CH4/c1-8-5-3-4-6-9(8)16-10-7-11(14)17-18-12(10)13(19)15-2;1-3-14-8(13)7(10-9)6(12)4-5(2)11;1-6-4-2-3-5-7(6)8;1-9-6(12)5-3(7)2-4(8)10-11-5;8-2-1-3(9)6-7-4(2)5(10)11;;/h3-7H,1-2H3,(H,15,19)(H,16,17);3-4H2,1-2H3;2-5H,8H2,1H3;2H,1H3,(H,9,12);1H,(H,10,11)(H2,6,8,9);2*1H4/i2D3;;;1D3;;;. The van der Waals surface area contributed by atoms with Gasteiger partial charge in [0.2, 0.25) is 5.69 Å². The van der Waals surface area contributed by atoms with Gasteiger partial charge >= 0.3 is 17.7 Å². The number of ether oxygens (including phenoxy) is 1. The Kier molecular flexibility index (Phi) is 23.4. The van der Waals surface area contributed by atoms with Gasteiger partial charge in [-0.2, -0.15) is 9.89 Å². The van der Waals surface area contributed by atoms with Crippen LogP contribution in [0.2, 0.25) is 15.3 Å². The van der Waals surface area contributed by atoms with Crippen LogP contribution in [0.1, 0.15) is 85.9 Å². The lowest BCUT2D eigenvalue weighted by atomic mass is 10.1. The number of H-pyrrole nitrogens is 1. The maximum atomic E-state index is 12.0. The number of aromatic carboxylic acids is 1. The molecular weight excluding hydrogens is 927 g/mol. The van der Waals surface area contributed by atoms with E-state index in [1.54, 1.807) is 12.2 Å². The highest BCUT2D eigenvalue weighted by Gasteiger charge is 2.31. The zero-order chi connectivity index (χ0) is 53.5. The van der Waals surface area contributed by atoms with Crippen LogP contribution in [0.25, 0.3) is 5.53 Å². The SMILES string of the molecule is C.C.CCOC(=O)C(=[N+]=[N-])C(=O)CC(C)=O.Cc1ccccc1N.O=C(O)c1n[nH]c(=O)cc1O.[2H]C([2H])([2H])NC(=O)c1nnc(Cl)cc1Cl.[2H]C([2H])([2H])NC(=O)c1nnc(Cl)cc1Nc1ccccc1C. The Morgan fingerprint density at radius 1 is 0.833 bits per heavy atom. The van der Waals surface area contributed by atoms with Gasteiger partial charge in [-0.3, -0.25) is 24.0 Å². The summed E-state index contributed by atoms with van der Waals surface area (Å²) < 4.78 is 46.1. The molecule has 0 atom stereocenters. The van der Waals surface area contributed by atoms with Crippen LogP contribution < -0.4 is 27.2 Å². The van der Waals surface area contributed by atoms with E-state index in [0.717, 1.165) is 28.6 Å². The molecule has 0 aliphatic heterocycles. The molecule has 5 rings (SSSR count). The molecule has 3 aromatic heterocycles. The average Bonchev–Trinajstić information content (AvgIpc) is 3.22. The van der Waals surface area contributed by atoms with Crippen LogP contribution >= 0.6 is 34.8 Å². The number of hydrogen-bond donors (Lipinski definition) is 7. The van der Waals surface area contributed by atoms with Crippen LogP contribution in [0.15, 0.2) is 71.5 Å². The molecule has 5 aromatic rings. The number of aromatic hydroxyl groups is 1. The zero-order valence-electron chi connectivity index (χ0n) is 39.8. The molecule has 0 aliphatic rings. The average molecular weight is 982 g/mol. The quantitative estimate of drug-likeness (QED) is 0.0227. The van der Waals surface area contributed by atoms with E-state index in [0.29, 0.717) is 0 Å². The number of halogens is 3. The molecule has 3 heterocycles. The topological polar surface area (TPSA) is 348 Å². The first kappa shape index (κ1) is 49.4. The van der Waals surface area contributed by atoms with Crippen molar-refractivity contribution in [3.8, 4) is 5.75 Å². The van der Waals surface area contributed by atoms with Crippen LogP contribution in [0, 0.1) is 13.8 Å². The fourth-order valence-electron chi connectivity index (χ4n) is 3.97. The van der Waals surface area contributed by atoms with Gasteiger partial charge in [-0.15, -0.1) is 20.4 Å². The minimum absolute atomic E-state index is 0. The van der Waals surface area contributed by atoms with Gasteiger partial charge < -0.3 is 42.2 Å². The molecular formula is C41H49Cl3N12O10. The molecule has 0 radical (unpaired) electrons. The summed E-state index contributed by atoms with van der Waals surface area (Å²) in [5, 5.41) is 42.8. The second kappa shape index (κ2) is 31.2. The predicted molar refractivity (Wildman–Crippen MR) is 248 cm³/mol. The number of carboxylic acid groups (broad SMARTS) is 1. The number of amides is 2. The number of carbonyl (C=O) groups is 6. The number of nitrogens with one attached hydrogen (secondary N) is 4. The van der Waals surface area contributed by atoms with E-state index < -0.39 is 78.4 Å². The molecule has 66 heavy (non-hydrogen) atoms. The van der Waals surface area contributed by atoms with Crippen molar-refractivity contribution in [1.82, 2.24) is 41.2 Å². The van der Waals surface area contributed by atoms with Crippen LogP contribution in [-0.4, -0.2) is 107 Å². The molecule has 2 amide bonds. The number of aryl methyl sites for hydroxylation is 2. The van der Waals surface area contributed by atoms with Gasteiger partial charge in [0.25, 0.3) is 23.2 Å². The Morgan fingerprint density at radius 3 is 1.85 bits per heavy atom. The van der Waals surface area contributed by atoms with Crippen molar-refractivity contribution in [1.29, 1.82) is 0 Å². The summed E-state index contributed by atoms with van der Waals surface area (Å²) in [6, 6.07) is 18.6. The number of nitrogens with zero attached hydrogens (tertiary/aromatic N) is 7. The lowest BCUT2D eigenvalue weighted by molar-refractivity contribution is -0.141. The van der Waals surface area contributed by atoms with Gasteiger partial charge in [0.1, 0.15) is 5.78 Å². The molecule has 0 bridgehead atoms. The highest BCUT2D eigenvalue weighted by atomic mass is 35.5. The molecule has 0 aliphatic carbocycles. The number of hydrogen-bond acceptors (Lipinski definition) is 16. The van der Waals surface area contributed by atoms with E-state index in [9.17, 15) is 33.6 Å². The number of carboxylic acids is 1. The van der Waals surface area contributed by atoms with Crippen LogP contribution in [0.3, 0.4) is 0 Å². The fraction of sp³-hybridized carbons (Fsp3) is 0.244. The number of nitrogen functional groups attached to an aromatic ring is 1. The van der Waals surface area contributed by atoms with Gasteiger partial charge in [0.05, 0.1) is 23.7 Å². The number of Topliss-reactive ketones (excluding diaryl/α,β-unsaturated/α-hetero) is 2. The minimum Gasteiger partial charge on any atom is -0.505 e. The molecule has 25 heteroatoms. The highest BCUT2D eigenvalue weighted by Crippen LogP contribution is 2.24. The fourth-order valence-corrected chi connectivity index (χ4v) is 4.54. The van der Waals surface area contributed by atoms with E-state index in [1.807, 2.05) is 72.8 Å². The summed E-state index contributed by atoms with van der Waals surface area (Å²) in [5.74, 6) is -6.11. The number of aromatic amines is 1. The van der Waals surface area contributed by atoms with E-state index in [2.05, 4.69) is 40.3 Å². The van der Waals surface area contributed by atoms with Gasteiger partial charge in [-0.1, -0.05) is 86.1 Å². The number of ketones is 2. The van der Waals surface area contributed by atoms with Gasteiger partial charge in [0, 0.05) is 45.7 Å². The van der Waals surface area contributed by atoms with E-state index >= 15 is 0 Å². The molecule has 354 valence electrons. The predicted octanol–water partition coefficient (Wildman–Crippen LogP) is 5.48. The third-order valence-electron chi connectivity index (χ3n) is 6.98. The van der Waals surface area contributed by atoms with Gasteiger partial charge in [-0.25, -0.2) is 14.7 Å². The Morgan fingerprint density at radius 2 is 1.38 bits per heavy atom. The maximum Gasteiger partial charge on any atom is 0.441 e. The Labute approximate surface area is 402 Å². The molecule has 8 N–H and O–H groups in total.